The number of methoxy groups -OCH3 is 1. The van der Waals surface area contributed by atoms with Crippen molar-refractivity contribution in [1.82, 2.24) is 4.98 Å². The number of fused-ring (bicyclic) bond motifs is 3. The van der Waals surface area contributed by atoms with Gasteiger partial charge in [0.2, 0.25) is 0 Å². The largest absolute Gasteiger partial charge is 1.00 e. The van der Waals surface area contributed by atoms with Crippen LogP contribution in [0.1, 0.15) is 12.8 Å². The standard InChI is InChI=1S/C16H15ClN2O2.BrH/c1-21-16(20)3-2-7-19-8-6-12-13-9-11(17)4-5-14(13)18-15(12)10-19;/h4-6,8-10H,2-3,7H2,1H3;1H. The van der Waals surface area contributed by atoms with E-state index in [0.717, 1.165) is 39.8 Å². The Hall–Kier alpha value is -1.59. The van der Waals surface area contributed by atoms with Gasteiger partial charge < -0.3 is 26.7 Å². The van der Waals surface area contributed by atoms with Crippen molar-refractivity contribution in [2.24, 2.45) is 0 Å². The highest BCUT2D eigenvalue weighted by Crippen LogP contribution is 2.26. The second kappa shape index (κ2) is 7.11. The number of hydrogen-bond acceptors (Lipinski definition) is 2. The second-order valence-electron chi connectivity index (χ2n) is 5.00. The van der Waals surface area contributed by atoms with Crippen molar-refractivity contribution >= 4 is 39.4 Å². The van der Waals surface area contributed by atoms with Crippen LogP contribution in [0.25, 0.3) is 21.8 Å². The molecule has 3 aromatic rings. The van der Waals surface area contributed by atoms with E-state index in [2.05, 4.69) is 26.6 Å². The lowest BCUT2D eigenvalue weighted by Gasteiger charge is -1.98. The smallest absolute Gasteiger partial charge is 0.305 e. The maximum absolute atomic E-state index is 11.1. The van der Waals surface area contributed by atoms with Crippen molar-refractivity contribution in [2.75, 3.05) is 7.11 Å². The molecule has 2 heterocycles. The van der Waals surface area contributed by atoms with Crippen molar-refractivity contribution in [1.29, 1.82) is 0 Å². The van der Waals surface area contributed by atoms with E-state index in [9.17, 15) is 4.79 Å². The summed E-state index contributed by atoms with van der Waals surface area (Å²) < 4.78 is 6.71. The predicted molar refractivity (Wildman–Crippen MR) is 82.3 cm³/mol. The first-order valence-electron chi connectivity index (χ1n) is 6.84. The number of H-pyrrole nitrogens is 1. The number of aromatic nitrogens is 2. The van der Waals surface area contributed by atoms with Gasteiger partial charge in [0.25, 0.3) is 0 Å². The van der Waals surface area contributed by atoms with E-state index < -0.39 is 0 Å². The molecule has 0 atom stereocenters. The molecule has 116 valence electrons. The molecule has 0 saturated carbocycles. The third-order valence-electron chi connectivity index (χ3n) is 3.58. The molecular weight excluding hydrogens is 368 g/mol. The van der Waals surface area contributed by atoms with Crippen LogP contribution < -0.4 is 21.5 Å². The number of hydrogen-bond donors (Lipinski definition) is 1. The van der Waals surface area contributed by atoms with Crippen LogP contribution in [0.15, 0.2) is 36.7 Å². The number of rotatable bonds is 4. The summed E-state index contributed by atoms with van der Waals surface area (Å²) in [6.07, 6.45) is 5.27. The number of benzene rings is 1. The molecule has 0 spiro atoms. The van der Waals surface area contributed by atoms with Gasteiger partial charge >= 0.3 is 5.97 Å². The minimum atomic E-state index is -0.170. The number of carbonyl (C=O) groups is 1. The molecule has 0 aliphatic heterocycles. The third-order valence-corrected chi connectivity index (χ3v) is 3.82. The third kappa shape index (κ3) is 3.42. The molecule has 6 heteroatoms. The average molecular weight is 384 g/mol. The molecule has 1 N–H and O–H groups in total. The van der Waals surface area contributed by atoms with Crippen LogP contribution in [0, 0.1) is 0 Å². The Morgan fingerprint density at radius 3 is 2.86 bits per heavy atom. The summed E-state index contributed by atoms with van der Waals surface area (Å²) in [6, 6.07) is 7.91. The Labute approximate surface area is 143 Å². The second-order valence-corrected chi connectivity index (χ2v) is 5.44. The van der Waals surface area contributed by atoms with Crippen LogP contribution >= 0.6 is 11.6 Å². The lowest BCUT2D eigenvalue weighted by atomic mass is 10.2. The molecule has 0 aliphatic carbocycles. The van der Waals surface area contributed by atoms with Crippen LogP contribution in [0.4, 0.5) is 0 Å². The van der Waals surface area contributed by atoms with Crippen molar-refractivity contribution in [3.05, 3.63) is 41.7 Å². The van der Waals surface area contributed by atoms with E-state index in [1.165, 1.54) is 7.11 Å². The van der Waals surface area contributed by atoms with Gasteiger partial charge in [-0.2, -0.15) is 0 Å². The topological polar surface area (TPSA) is 46.0 Å². The lowest BCUT2D eigenvalue weighted by Crippen LogP contribution is -3.00. The molecule has 3 rings (SSSR count). The summed E-state index contributed by atoms with van der Waals surface area (Å²) in [5, 5.41) is 3.01. The normalized spacial score (nSPS) is 10.6. The summed E-state index contributed by atoms with van der Waals surface area (Å²) in [6.45, 7) is 0.779. The highest BCUT2D eigenvalue weighted by molar-refractivity contribution is 6.31. The van der Waals surface area contributed by atoms with Gasteiger partial charge in [-0.1, -0.05) is 11.6 Å². The molecule has 0 aliphatic rings. The number of nitrogens with one attached hydrogen (secondary N) is 1. The molecule has 0 unspecified atom stereocenters. The zero-order valence-electron chi connectivity index (χ0n) is 12.1. The Kier molecular flexibility index (Phi) is 5.42. The maximum Gasteiger partial charge on any atom is 0.305 e. The van der Waals surface area contributed by atoms with Crippen molar-refractivity contribution in [2.45, 2.75) is 19.4 Å². The fraction of sp³-hybridized carbons (Fsp3) is 0.250. The van der Waals surface area contributed by atoms with E-state index >= 15 is 0 Å². The number of carbonyl (C=O) groups excluding carboxylic acids is 1. The van der Waals surface area contributed by atoms with Gasteiger partial charge in [0, 0.05) is 33.8 Å². The summed E-state index contributed by atoms with van der Waals surface area (Å²) >= 11 is 6.06. The van der Waals surface area contributed by atoms with Gasteiger partial charge in [-0.3, -0.25) is 4.79 Å². The first kappa shape index (κ1) is 16.8. The number of nitrogens with zero attached hydrogens (tertiary/aromatic N) is 1. The van der Waals surface area contributed by atoms with Crippen molar-refractivity contribution in [3.63, 3.8) is 0 Å². The van der Waals surface area contributed by atoms with Gasteiger partial charge in [0.15, 0.2) is 12.4 Å². The number of aromatic amines is 1. The highest BCUT2D eigenvalue weighted by Gasteiger charge is 2.10. The lowest BCUT2D eigenvalue weighted by molar-refractivity contribution is -0.696. The van der Waals surface area contributed by atoms with E-state index in [1.807, 2.05) is 24.4 Å². The molecule has 1 aromatic carbocycles. The molecule has 2 aromatic heterocycles. The predicted octanol–water partition coefficient (Wildman–Crippen LogP) is 0.219. The van der Waals surface area contributed by atoms with E-state index in [1.54, 1.807) is 0 Å². The van der Waals surface area contributed by atoms with Gasteiger partial charge in [0.05, 0.1) is 13.5 Å². The first-order valence-corrected chi connectivity index (χ1v) is 7.22. The molecule has 4 nitrogen and oxygen atoms in total. The minimum Gasteiger partial charge on any atom is -1.00 e. The van der Waals surface area contributed by atoms with Crippen molar-refractivity contribution < 1.29 is 31.1 Å². The fourth-order valence-corrected chi connectivity index (χ4v) is 2.69. The van der Waals surface area contributed by atoms with E-state index in [0.29, 0.717) is 6.42 Å². The summed E-state index contributed by atoms with van der Waals surface area (Å²) in [5.41, 5.74) is 2.13. The molecule has 0 bridgehead atoms. The van der Waals surface area contributed by atoms with Gasteiger partial charge in [0.1, 0.15) is 12.1 Å². The molecule has 0 fully saturated rings. The summed E-state index contributed by atoms with van der Waals surface area (Å²) in [5.74, 6) is -0.170. The number of aryl methyl sites for hydroxylation is 1. The van der Waals surface area contributed by atoms with Gasteiger partial charge in [-0.05, 0) is 18.2 Å². The number of pyridine rings is 1. The van der Waals surface area contributed by atoms with Crippen LogP contribution in [0.3, 0.4) is 0 Å². The fourth-order valence-electron chi connectivity index (χ4n) is 2.51. The molecule has 0 saturated heterocycles. The number of halogens is 2. The van der Waals surface area contributed by atoms with Gasteiger partial charge in [-0.15, -0.1) is 0 Å². The molecule has 22 heavy (non-hydrogen) atoms. The van der Waals surface area contributed by atoms with Crippen LogP contribution in [-0.2, 0) is 16.1 Å². The SMILES string of the molecule is COC(=O)CCC[n+]1ccc2c(c1)[nH]c1ccc(Cl)cc12.[Br-]. The van der Waals surface area contributed by atoms with E-state index in [4.69, 9.17) is 11.6 Å². The molecule has 0 amide bonds. The quantitative estimate of drug-likeness (QED) is 0.517. The number of ether oxygens (including phenoxy) is 1. The highest BCUT2D eigenvalue weighted by atomic mass is 79.9. The minimum absolute atomic E-state index is 0. The van der Waals surface area contributed by atoms with Crippen LogP contribution in [0.5, 0.6) is 0 Å². The van der Waals surface area contributed by atoms with Crippen LogP contribution in [-0.4, -0.2) is 18.1 Å². The van der Waals surface area contributed by atoms with E-state index in [-0.39, 0.29) is 23.0 Å². The maximum atomic E-state index is 11.1. The molecule has 0 radical (unpaired) electrons. The zero-order valence-corrected chi connectivity index (χ0v) is 14.4. The summed E-state index contributed by atoms with van der Waals surface area (Å²) in [4.78, 5) is 14.5. The van der Waals surface area contributed by atoms with Crippen molar-refractivity contribution in [3.8, 4) is 0 Å². The van der Waals surface area contributed by atoms with Crippen LogP contribution in [0.2, 0.25) is 5.02 Å². The monoisotopic (exact) mass is 382 g/mol. The Morgan fingerprint density at radius 1 is 1.27 bits per heavy atom. The Balaban J connectivity index is 0.00000176. The number of esters is 1. The average Bonchev–Trinajstić information content (AvgIpc) is 2.84. The Morgan fingerprint density at radius 2 is 2.09 bits per heavy atom. The first-order chi connectivity index (χ1) is 10.2. The summed E-state index contributed by atoms with van der Waals surface area (Å²) in [7, 11) is 1.41. The Bertz CT molecular complexity index is 816. The van der Waals surface area contributed by atoms with Gasteiger partial charge in [-0.25, -0.2) is 4.57 Å². The zero-order chi connectivity index (χ0) is 14.8. The molecular formula is C16H16BrClN2O2.